The number of unbranched alkanes of at least 4 members (excludes halogenated alkanes) is 1. The number of amides is 1. The molecule has 1 fully saturated rings. The predicted octanol–water partition coefficient (Wildman–Crippen LogP) is 3.10. The van der Waals surface area contributed by atoms with E-state index in [1.807, 2.05) is 18.2 Å². The molecule has 134 valence electrons. The Hall–Kier alpha value is -1.39. The Morgan fingerprint density at radius 2 is 1.83 bits per heavy atom. The molecular formula is C20H32N2O2. The number of hydrogen-bond acceptors (Lipinski definition) is 3. The maximum absolute atomic E-state index is 12.0. The Morgan fingerprint density at radius 3 is 2.54 bits per heavy atom. The van der Waals surface area contributed by atoms with Gasteiger partial charge in [0.25, 0.3) is 0 Å². The van der Waals surface area contributed by atoms with Crippen molar-refractivity contribution in [2.75, 3.05) is 19.7 Å². The number of nitrogens with one attached hydrogen (secondary N) is 1. The molecule has 0 spiro atoms. The first-order valence-corrected chi connectivity index (χ1v) is 9.44. The summed E-state index contributed by atoms with van der Waals surface area (Å²) in [5.41, 5.74) is 1.26. The summed E-state index contributed by atoms with van der Waals surface area (Å²) in [6.45, 7) is 2.64. The van der Waals surface area contributed by atoms with Crippen molar-refractivity contribution < 1.29 is 9.90 Å². The van der Waals surface area contributed by atoms with E-state index in [1.54, 1.807) is 0 Å². The van der Waals surface area contributed by atoms with Crippen LogP contribution >= 0.6 is 0 Å². The fourth-order valence-corrected chi connectivity index (χ4v) is 3.42. The number of nitrogens with zero attached hydrogens (tertiary/aromatic N) is 1. The number of hydrogen-bond donors (Lipinski definition) is 2. The second kappa shape index (κ2) is 11.2. The van der Waals surface area contributed by atoms with E-state index >= 15 is 0 Å². The summed E-state index contributed by atoms with van der Waals surface area (Å²) in [6.07, 6.45) is 8.63. The third kappa shape index (κ3) is 7.45. The molecule has 1 amide bonds. The van der Waals surface area contributed by atoms with Crippen molar-refractivity contribution in [2.45, 2.75) is 64.0 Å². The third-order valence-corrected chi connectivity index (χ3v) is 4.76. The van der Waals surface area contributed by atoms with Gasteiger partial charge in [0.05, 0.1) is 6.61 Å². The van der Waals surface area contributed by atoms with Crippen molar-refractivity contribution in [2.24, 2.45) is 0 Å². The van der Waals surface area contributed by atoms with Gasteiger partial charge in [-0.05, 0) is 37.8 Å². The highest BCUT2D eigenvalue weighted by Gasteiger charge is 2.15. The van der Waals surface area contributed by atoms with Gasteiger partial charge in [-0.15, -0.1) is 0 Å². The largest absolute Gasteiger partial charge is 0.395 e. The van der Waals surface area contributed by atoms with Crippen LogP contribution in [0.1, 0.15) is 56.9 Å². The molecule has 0 aromatic heterocycles. The molecule has 24 heavy (non-hydrogen) atoms. The number of carbonyl (C=O) groups excluding carboxylic acids is 1. The van der Waals surface area contributed by atoms with E-state index in [0.29, 0.717) is 19.0 Å². The second-order valence-corrected chi connectivity index (χ2v) is 6.84. The van der Waals surface area contributed by atoms with Gasteiger partial charge in [-0.2, -0.15) is 0 Å². The van der Waals surface area contributed by atoms with Crippen LogP contribution in [0, 0.1) is 0 Å². The molecule has 0 saturated heterocycles. The maximum atomic E-state index is 12.0. The molecule has 4 nitrogen and oxygen atoms in total. The van der Waals surface area contributed by atoms with Gasteiger partial charge in [0, 0.05) is 25.6 Å². The minimum Gasteiger partial charge on any atom is -0.395 e. The molecule has 1 aromatic carbocycles. The van der Waals surface area contributed by atoms with Crippen molar-refractivity contribution >= 4 is 5.91 Å². The highest BCUT2D eigenvalue weighted by molar-refractivity contribution is 5.76. The van der Waals surface area contributed by atoms with Gasteiger partial charge < -0.3 is 10.4 Å². The van der Waals surface area contributed by atoms with E-state index < -0.39 is 0 Å². The van der Waals surface area contributed by atoms with Crippen molar-refractivity contribution in [3.63, 3.8) is 0 Å². The van der Waals surface area contributed by atoms with Gasteiger partial charge in [0.15, 0.2) is 0 Å². The molecule has 0 radical (unpaired) electrons. The molecule has 2 rings (SSSR count). The fourth-order valence-electron chi connectivity index (χ4n) is 3.42. The lowest BCUT2D eigenvalue weighted by Gasteiger charge is -2.23. The van der Waals surface area contributed by atoms with Crippen LogP contribution < -0.4 is 5.32 Å². The smallest absolute Gasteiger partial charge is 0.220 e. The first-order valence-electron chi connectivity index (χ1n) is 9.44. The fraction of sp³-hybridized carbons (Fsp3) is 0.650. The number of rotatable bonds is 10. The zero-order chi connectivity index (χ0) is 17.0. The van der Waals surface area contributed by atoms with Gasteiger partial charge in [-0.25, -0.2) is 0 Å². The maximum Gasteiger partial charge on any atom is 0.220 e. The SMILES string of the molecule is O=C(CCCCN(CCO)Cc1ccccc1)NC1CCCCC1. The van der Waals surface area contributed by atoms with Crippen LogP contribution in [0.4, 0.5) is 0 Å². The lowest BCUT2D eigenvalue weighted by atomic mass is 9.95. The Labute approximate surface area is 146 Å². The molecule has 0 unspecified atom stereocenters. The molecule has 1 aliphatic carbocycles. The van der Waals surface area contributed by atoms with E-state index in [4.69, 9.17) is 0 Å². The minimum atomic E-state index is 0.176. The number of carbonyl (C=O) groups is 1. The lowest BCUT2D eigenvalue weighted by molar-refractivity contribution is -0.122. The van der Waals surface area contributed by atoms with Gasteiger partial charge in [0.1, 0.15) is 0 Å². The summed E-state index contributed by atoms with van der Waals surface area (Å²) in [5, 5.41) is 12.4. The zero-order valence-electron chi connectivity index (χ0n) is 14.8. The third-order valence-electron chi connectivity index (χ3n) is 4.76. The van der Waals surface area contributed by atoms with Crippen LogP contribution in [-0.2, 0) is 11.3 Å². The van der Waals surface area contributed by atoms with Gasteiger partial charge >= 0.3 is 0 Å². The van der Waals surface area contributed by atoms with E-state index in [-0.39, 0.29) is 12.5 Å². The van der Waals surface area contributed by atoms with Crippen LogP contribution in [0.15, 0.2) is 30.3 Å². The summed E-state index contributed by atoms with van der Waals surface area (Å²) in [7, 11) is 0. The zero-order valence-corrected chi connectivity index (χ0v) is 14.8. The predicted molar refractivity (Wildman–Crippen MR) is 97.7 cm³/mol. The topological polar surface area (TPSA) is 52.6 Å². The molecule has 4 heteroatoms. The highest BCUT2D eigenvalue weighted by Crippen LogP contribution is 2.17. The Bertz CT molecular complexity index is 458. The summed E-state index contributed by atoms with van der Waals surface area (Å²) in [6, 6.07) is 10.7. The van der Waals surface area contributed by atoms with Crippen LogP contribution in [0.5, 0.6) is 0 Å². The Kier molecular flexibility index (Phi) is 8.85. The average molecular weight is 332 g/mol. The Balaban J connectivity index is 1.62. The van der Waals surface area contributed by atoms with Gasteiger partial charge in [-0.1, -0.05) is 49.6 Å². The molecule has 1 saturated carbocycles. The van der Waals surface area contributed by atoms with Gasteiger partial charge in [0.2, 0.25) is 5.91 Å². The highest BCUT2D eigenvalue weighted by atomic mass is 16.3. The number of benzene rings is 1. The monoisotopic (exact) mass is 332 g/mol. The van der Waals surface area contributed by atoms with Gasteiger partial charge in [-0.3, -0.25) is 9.69 Å². The quantitative estimate of drug-likeness (QED) is 0.647. The summed E-state index contributed by atoms with van der Waals surface area (Å²) in [5.74, 6) is 0.207. The summed E-state index contributed by atoms with van der Waals surface area (Å²) >= 11 is 0. The van der Waals surface area contributed by atoms with E-state index in [2.05, 4.69) is 22.3 Å². The van der Waals surface area contributed by atoms with E-state index in [0.717, 1.165) is 38.8 Å². The van der Waals surface area contributed by atoms with Crippen molar-refractivity contribution in [1.82, 2.24) is 10.2 Å². The van der Waals surface area contributed by atoms with Crippen molar-refractivity contribution in [3.05, 3.63) is 35.9 Å². The molecule has 0 bridgehead atoms. The number of aliphatic hydroxyl groups is 1. The standard InChI is InChI=1S/C20H32N2O2/c23-16-15-22(17-18-9-3-1-4-10-18)14-8-7-13-20(24)21-19-11-5-2-6-12-19/h1,3-4,9-10,19,23H,2,5-8,11-17H2,(H,21,24). The Morgan fingerprint density at radius 1 is 1.08 bits per heavy atom. The van der Waals surface area contributed by atoms with Crippen LogP contribution in [-0.4, -0.2) is 41.7 Å². The molecule has 2 N–H and O–H groups in total. The first-order chi connectivity index (χ1) is 11.8. The average Bonchev–Trinajstić information content (AvgIpc) is 2.60. The molecule has 0 atom stereocenters. The van der Waals surface area contributed by atoms with Crippen LogP contribution in [0.2, 0.25) is 0 Å². The summed E-state index contributed by atoms with van der Waals surface area (Å²) in [4.78, 5) is 14.3. The molecule has 1 aromatic rings. The molecule has 1 aliphatic rings. The second-order valence-electron chi connectivity index (χ2n) is 6.84. The van der Waals surface area contributed by atoms with Crippen molar-refractivity contribution in [1.29, 1.82) is 0 Å². The molecular weight excluding hydrogens is 300 g/mol. The lowest BCUT2D eigenvalue weighted by Crippen LogP contribution is -2.36. The number of aliphatic hydroxyl groups excluding tert-OH is 1. The summed E-state index contributed by atoms with van der Waals surface area (Å²) < 4.78 is 0. The van der Waals surface area contributed by atoms with Crippen molar-refractivity contribution in [3.8, 4) is 0 Å². The van der Waals surface area contributed by atoms with Crippen LogP contribution in [0.3, 0.4) is 0 Å². The van der Waals surface area contributed by atoms with E-state index in [9.17, 15) is 9.90 Å². The normalized spacial score (nSPS) is 15.6. The molecule has 0 heterocycles. The molecule has 0 aliphatic heterocycles. The minimum absolute atomic E-state index is 0.176. The first kappa shape index (κ1) is 18.9. The van der Waals surface area contributed by atoms with E-state index in [1.165, 1.54) is 24.8 Å². The van der Waals surface area contributed by atoms with Crippen LogP contribution in [0.25, 0.3) is 0 Å².